The molecule has 0 heterocycles. The molecule has 0 aliphatic heterocycles. The predicted molar refractivity (Wildman–Crippen MR) is 82.5 cm³/mol. The van der Waals surface area contributed by atoms with Crippen LogP contribution in [-0.4, -0.2) is 17.6 Å². The molecule has 3 nitrogen and oxygen atoms in total. The van der Waals surface area contributed by atoms with E-state index >= 15 is 0 Å². The number of nitrogens with one attached hydrogen (secondary N) is 1. The zero-order valence-corrected chi connectivity index (χ0v) is 13.4. The Bertz CT molecular complexity index is 510. The van der Waals surface area contributed by atoms with E-state index in [-0.39, 0.29) is 17.6 Å². The van der Waals surface area contributed by atoms with Crippen LogP contribution < -0.4 is 10.1 Å². The predicted octanol–water partition coefficient (Wildman–Crippen LogP) is 3.36. The van der Waals surface area contributed by atoms with Gasteiger partial charge in [-0.25, -0.2) is 0 Å². The van der Waals surface area contributed by atoms with Crippen molar-refractivity contribution >= 4 is 28.5 Å². The quantitative estimate of drug-likeness (QED) is 0.825. The molecule has 1 N–H and O–H groups in total. The molecular weight excluding hydrogens is 353 g/mol. The summed E-state index contributed by atoms with van der Waals surface area (Å²) in [6, 6.07) is 5.64. The highest BCUT2D eigenvalue weighted by atomic mass is 127. The second-order valence-electron chi connectivity index (χ2n) is 6.02. The van der Waals surface area contributed by atoms with Gasteiger partial charge in [-0.15, -0.1) is 0 Å². The zero-order valence-electron chi connectivity index (χ0n) is 11.2. The lowest BCUT2D eigenvalue weighted by molar-refractivity contribution is -0.0438. The van der Waals surface area contributed by atoms with Crippen LogP contribution in [0.3, 0.4) is 0 Å². The van der Waals surface area contributed by atoms with E-state index in [0.717, 1.165) is 20.8 Å². The van der Waals surface area contributed by atoms with E-state index in [9.17, 15) is 4.79 Å². The number of rotatable bonds is 4. The number of hydrogen-bond acceptors (Lipinski definition) is 2. The third-order valence-electron chi connectivity index (χ3n) is 3.97. The molecule has 1 amide bonds. The first-order valence-electron chi connectivity index (χ1n) is 6.76. The summed E-state index contributed by atoms with van der Waals surface area (Å²) in [5, 5.41) is 3.18. The molecule has 0 unspecified atom stereocenters. The second kappa shape index (κ2) is 4.65. The van der Waals surface area contributed by atoms with E-state index in [1.54, 1.807) is 0 Å². The first kappa shape index (κ1) is 13.2. The minimum Gasteiger partial charge on any atom is -0.490 e. The second-order valence-corrected chi connectivity index (χ2v) is 7.19. The molecule has 2 bridgehead atoms. The minimum atomic E-state index is 0.0483. The van der Waals surface area contributed by atoms with Crippen molar-refractivity contribution < 1.29 is 9.53 Å². The van der Waals surface area contributed by atoms with Gasteiger partial charge in [-0.2, -0.15) is 0 Å². The summed E-state index contributed by atoms with van der Waals surface area (Å²) in [4.78, 5) is 12.2. The summed E-state index contributed by atoms with van der Waals surface area (Å²) in [5.41, 5.74) is 0.866. The van der Waals surface area contributed by atoms with Crippen LogP contribution in [0.15, 0.2) is 18.2 Å². The summed E-state index contributed by atoms with van der Waals surface area (Å²) in [6.45, 7) is 4.00. The molecule has 19 heavy (non-hydrogen) atoms. The average Bonchev–Trinajstić information content (AvgIpc) is 2.23. The van der Waals surface area contributed by atoms with Crippen molar-refractivity contribution in [1.82, 2.24) is 5.32 Å². The first-order chi connectivity index (χ1) is 8.97. The maximum atomic E-state index is 12.2. The molecule has 0 saturated heterocycles. The SMILES string of the molecule is CC(C)Oc1ccc(C(=O)NC23CC(C2)C3)cc1I. The number of amides is 1. The highest BCUT2D eigenvalue weighted by molar-refractivity contribution is 14.1. The lowest BCUT2D eigenvalue weighted by Gasteiger charge is -2.61. The van der Waals surface area contributed by atoms with Crippen LogP contribution in [0.1, 0.15) is 43.5 Å². The Morgan fingerprint density at radius 2 is 2.11 bits per heavy atom. The van der Waals surface area contributed by atoms with Crippen LogP contribution in [0.25, 0.3) is 0 Å². The van der Waals surface area contributed by atoms with Crippen LogP contribution in [0.5, 0.6) is 5.75 Å². The first-order valence-corrected chi connectivity index (χ1v) is 7.84. The Balaban J connectivity index is 1.70. The third kappa shape index (κ3) is 2.47. The molecule has 1 aromatic rings. The Morgan fingerprint density at radius 3 is 2.58 bits per heavy atom. The van der Waals surface area contributed by atoms with Crippen molar-refractivity contribution in [2.24, 2.45) is 5.92 Å². The van der Waals surface area contributed by atoms with Gasteiger partial charge in [0.25, 0.3) is 5.91 Å². The molecule has 102 valence electrons. The Kier molecular flexibility index (Phi) is 3.23. The average molecular weight is 371 g/mol. The highest BCUT2D eigenvalue weighted by Gasteiger charge is 2.57. The van der Waals surface area contributed by atoms with Gasteiger partial charge >= 0.3 is 0 Å². The van der Waals surface area contributed by atoms with E-state index in [0.29, 0.717) is 0 Å². The number of halogens is 1. The summed E-state index contributed by atoms with van der Waals surface area (Å²) in [5.74, 6) is 1.77. The molecule has 3 fully saturated rings. The van der Waals surface area contributed by atoms with Gasteiger partial charge in [0.15, 0.2) is 0 Å². The van der Waals surface area contributed by atoms with Crippen LogP contribution in [0.2, 0.25) is 0 Å². The Hall–Kier alpha value is -0.780. The number of ether oxygens (including phenoxy) is 1. The topological polar surface area (TPSA) is 38.3 Å². The van der Waals surface area contributed by atoms with E-state index < -0.39 is 0 Å². The fourth-order valence-electron chi connectivity index (χ4n) is 2.94. The smallest absolute Gasteiger partial charge is 0.251 e. The van der Waals surface area contributed by atoms with Gasteiger partial charge < -0.3 is 10.1 Å². The molecule has 4 heteroatoms. The number of carbonyl (C=O) groups excluding carboxylic acids is 1. The lowest BCUT2D eigenvalue weighted by Crippen LogP contribution is -2.68. The van der Waals surface area contributed by atoms with Gasteiger partial charge in [-0.1, -0.05) is 0 Å². The molecule has 1 aromatic carbocycles. The van der Waals surface area contributed by atoms with Crippen LogP contribution >= 0.6 is 22.6 Å². The van der Waals surface area contributed by atoms with Gasteiger partial charge in [0, 0.05) is 11.1 Å². The monoisotopic (exact) mass is 371 g/mol. The summed E-state index contributed by atoms with van der Waals surface area (Å²) in [6.07, 6.45) is 3.66. The Labute approximate surface area is 127 Å². The van der Waals surface area contributed by atoms with E-state index in [1.165, 1.54) is 19.3 Å². The van der Waals surface area contributed by atoms with Gasteiger partial charge in [-0.05, 0) is 79.8 Å². The van der Waals surface area contributed by atoms with Gasteiger partial charge in [-0.3, -0.25) is 4.79 Å². The van der Waals surface area contributed by atoms with Crippen molar-refractivity contribution in [3.05, 3.63) is 27.3 Å². The van der Waals surface area contributed by atoms with Crippen LogP contribution in [-0.2, 0) is 0 Å². The number of benzene rings is 1. The van der Waals surface area contributed by atoms with Crippen molar-refractivity contribution in [2.75, 3.05) is 0 Å². The maximum absolute atomic E-state index is 12.2. The fourth-order valence-corrected chi connectivity index (χ4v) is 3.58. The highest BCUT2D eigenvalue weighted by Crippen LogP contribution is 2.56. The summed E-state index contributed by atoms with van der Waals surface area (Å²) < 4.78 is 6.66. The van der Waals surface area contributed by atoms with Crippen LogP contribution in [0, 0.1) is 9.49 Å². The largest absolute Gasteiger partial charge is 0.490 e. The molecule has 3 aliphatic carbocycles. The normalized spacial score (nSPS) is 27.5. The van der Waals surface area contributed by atoms with Gasteiger partial charge in [0.1, 0.15) is 5.75 Å². The molecular formula is C15H18INO2. The lowest BCUT2D eigenvalue weighted by atomic mass is 9.50. The van der Waals surface area contributed by atoms with Crippen molar-refractivity contribution in [1.29, 1.82) is 0 Å². The van der Waals surface area contributed by atoms with Crippen molar-refractivity contribution in [3.8, 4) is 5.75 Å². The van der Waals surface area contributed by atoms with Gasteiger partial charge in [0.2, 0.25) is 0 Å². The van der Waals surface area contributed by atoms with Crippen LogP contribution in [0.4, 0.5) is 0 Å². The molecule has 0 radical (unpaired) electrons. The van der Waals surface area contributed by atoms with Crippen molar-refractivity contribution in [2.45, 2.75) is 44.8 Å². The zero-order chi connectivity index (χ0) is 13.6. The minimum absolute atomic E-state index is 0.0483. The third-order valence-corrected chi connectivity index (χ3v) is 4.82. The molecule has 3 saturated carbocycles. The van der Waals surface area contributed by atoms with Crippen molar-refractivity contribution in [3.63, 3.8) is 0 Å². The number of hydrogen-bond donors (Lipinski definition) is 1. The van der Waals surface area contributed by atoms with E-state index in [1.807, 2.05) is 32.0 Å². The Morgan fingerprint density at radius 1 is 1.42 bits per heavy atom. The van der Waals surface area contributed by atoms with E-state index in [4.69, 9.17) is 4.74 Å². The molecule has 4 rings (SSSR count). The molecule has 0 aromatic heterocycles. The van der Waals surface area contributed by atoms with E-state index in [2.05, 4.69) is 27.9 Å². The molecule has 0 spiro atoms. The molecule has 0 atom stereocenters. The number of carbonyl (C=O) groups is 1. The summed E-state index contributed by atoms with van der Waals surface area (Å²) >= 11 is 2.22. The fraction of sp³-hybridized carbons (Fsp3) is 0.533. The summed E-state index contributed by atoms with van der Waals surface area (Å²) in [7, 11) is 0. The maximum Gasteiger partial charge on any atom is 0.251 e. The standard InChI is InChI=1S/C15H18INO2/c1-9(2)19-13-4-3-11(5-12(13)16)14(18)17-15-6-10(7-15)8-15/h3-5,9-10H,6-8H2,1-2H3,(H,17,18). The molecule has 3 aliphatic rings. The van der Waals surface area contributed by atoms with Gasteiger partial charge in [0.05, 0.1) is 9.67 Å².